The lowest BCUT2D eigenvalue weighted by Gasteiger charge is -2.30. The highest BCUT2D eigenvalue weighted by Gasteiger charge is 2.38. The van der Waals surface area contributed by atoms with Gasteiger partial charge in [-0.3, -0.25) is 9.69 Å². The average molecular weight is 493 g/mol. The lowest BCUT2D eigenvalue weighted by atomic mass is 10.1. The molecule has 0 N–H and O–H groups in total. The largest absolute Gasteiger partial charge is 0.447 e. The minimum Gasteiger partial charge on any atom is -0.447 e. The van der Waals surface area contributed by atoms with E-state index in [2.05, 4.69) is 20.3 Å². The Bertz CT molecular complexity index is 1380. The van der Waals surface area contributed by atoms with Crippen molar-refractivity contribution in [1.82, 2.24) is 25.0 Å². The van der Waals surface area contributed by atoms with E-state index < -0.39 is 6.23 Å². The maximum absolute atomic E-state index is 13.4. The fraction of sp³-hybridized carbons (Fsp3) is 0.208. The molecular formula is C24H21ClN6O2S. The fourth-order valence-corrected chi connectivity index (χ4v) is 4.62. The molecule has 0 bridgehead atoms. The van der Waals surface area contributed by atoms with Gasteiger partial charge in [0.05, 0.1) is 22.6 Å². The van der Waals surface area contributed by atoms with Crippen LogP contribution >= 0.6 is 23.4 Å². The van der Waals surface area contributed by atoms with Crippen molar-refractivity contribution in [2.75, 3.05) is 11.2 Å². The molecule has 8 nitrogen and oxygen atoms in total. The summed E-state index contributed by atoms with van der Waals surface area (Å²) in [5.41, 5.74) is 3.85. The van der Waals surface area contributed by atoms with Crippen molar-refractivity contribution in [3.63, 3.8) is 0 Å². The van der Waals surface area contributed by atoms with Crippen LogP contribution in [-0.4, -0.2) is 37.1 Å². The van der Waals surface area contributed by atoms with E-state index in [0.717, 1.165) is 5.69 Å². The second-order valence-corrected chi connectivity index (χ2v) is 8.73. The number of carbonyl (C=O) groups excluding carboxylic acids is 1. The molecule has 34 heavy (non-hydrogen) atoms. The molecule has 0 aliphatic carbocycles. The van der Waals surface area contributed by atoms with Crippen LogP contribution in [0.1, 0.15) is 30.8 Å². The Labute approximate surface area is 205 Å². The number of nitrogens with zero attached hydrogens (tertiary/aromatic N) is 6. The Kier molecular flexibility index (Phi) is 5.97. The number of rotatable bonds is 4. The highest BCUT2D eigenvalue weighted by molar-refractivity contribution is 7.98. The van der Waals surface area contributed by atoms with Gasteiger partial charge in [-0.25, -0.2) is 4.68 Å². The van der Waals surface area contributed by atoms with Crippen molar-refractivity contribution in [3.8, 4) is 22.8 Å². The molecule has 1 aliphatic heterocycles. The number of carbonyl (C=O) groups is 1. The molecule has 0 saturated heterocycles. The van der Waals surface area contributed by atoms with Gasteiger partial charge in [0, 0.05) is 12.0 Å². The summed E-state index contributed by atoms with van der Waals surface area (Å²) in [7, 11) is 0. The zero-order valence-electron chi connectivity index (χ0n) is 18.8. The van der Waals surface area contributed by atoms with Crippen molar-refractivity contribution < 1.29 is 9.53 Å². The van der Waals surface area contributed by atoms with Crippen molar-refractivity contribution in [2.45, 2.75) is 31.7 Å². The van der Waals surface area contributed by atoms with Gasteiger partial charge in [-0.15, -0.1) is 10.2 Å². The van der Waals surface area contributed by atoms with Gasteiger partial charge >= 0.3 is 0 Å². The van der Waals surface area contributed by atoms with Crippen molar-refractivity contribution in [2.24, 2.45) is 0 Å². The molecule has 1 amide bonds. The maximum Gasteiger partial charge on any atom is 0.247 e. The molecule has 4 aromatic rings. The molecule has 2 aromatic heterocycles. The van der Waals surface area contributed by atoms with E-state index in [1.807, 2.05) is 74.7 Å². The molecule has 0 radical (unpaired) electrons. The predicted octanol–water partition coefficient (Wildman–Crippen LogP) is 5.24. The van der Waals surface area contributed by atoms with E-state index in [-0.39, 0.29) is 18.2 Å². The number of hydrogen-bond acceptors (Lipinski definition) is 7. The first-order valence-corrected chi connectivity index (χ1v) is 12.3. The number of aryl methyl sites for hydroxylation is 1. The fourth-order valence-electron chi connectivity index (χ4n) is 3.96. The van der Waals surface area contributed by atoms with Gasteiger partial charge in [0.2, 0.25) is 23.2 Å². The van der Waals surface area contributed by atoms with Crippen LogP contribution in [0.15, 0.2) is 59.8 Å². The first kappa shape index (κ1) is 22.4. The lowest BCUT2D eigenvalue weighted by molar-refractivity contribution is -0.120. The summed E-state index contributed by atoms with van der Waals surface area (Å²) in [6, 6.07) is 17.1. The molecule has 1 atom stereocenters. The highest BCUT2D eigenvalue weighted by Crippen LogP contribution is 2.45. The van der Waals surface area contributed by atoms with Crippen molar-refractivity contribution in [3.05, 3.63) is 71.0 Å². The number of halogens is 1. The number of benzene rings is 2. The summed E-state index contributed by atoms with van der Waals surface area (Å²) >= 11 is 8.26. The van der Waals surface area contributed by atoms with Crippen LogP contribution in [0.4, 0.5) is 5.69 Å². The molecule has 5 rings (SSSR count). The van der Waals surface area contributed by atoms with Crippen LogP contribution in [0, 0.1) is 6.92 Å². The van der Waals surface area contributed by atoms with Crippen LogP contribution < -0.4 is 9.64 Å². The van der Waals surface area contributed by atoms with E-state index in [9.17, 15) is 4.79 Å². The third-order valence-electron chi connectivity index (χ3n) is 5.56. The van der Waals surface area contributed by atoms with Crippen LogP contribution in [0.2, 0.25) is 5.15 Å². The summed E-state index contributed by atoms with van der Waals surface area (Å²) in [4.78, 5) is 19.5. The summed E-state index contributed by atoms with van der Waals surface area (Å²) in [6.45, 7) is 3.66. The smallest absolute Gasteiger partial charge is 0.247 e. The van der Waals surface area contributed by atoms with Gasteiger partial charge in [-0.05, 0) is 31.4 Å². The van der Waals surface area contributed by atoms with Crippen LogP contribution in [0.25, 0.3) is 16.9 Å². The Morgan fingerprint density at radius 2 is 1.85 bits per heavy atom. The molecule has 0 spiro atoms. The average Bonchev–Trinajstić information content (AvgIpc) is 3.09. The maximum atomic E-state index is 13.4. The molecule has 3 heterocycles. The minimum atomic E-state index is -0.897. The van der Waals surface area contributed by atoms with E-state index in [4.69, 9.17) is 16.3 Å². The number of fused-ring (bicyclic) bond motifs is 3. The van der Waals surface area contributed by atoms with Gasteiger partial charge in [0.25, 0.3) is 0 Å². The van der Waals surface area contributed by atoms with Crippen LogP contribution in [0.5, 0.6) is 5.88 Å². The number of hydrogen-bond donors (Lipinski definition) is 0. The number of aromatic nitrogens is 5. The van der Waals surface area contributed by atoms with E-state index >= 15 is 0 Å². The number of para-hydroxylation sites is 2. The topological polar surface area (TPSA) is 86.0 Å². The quantitative estimate of drug-likeness (QED) is 0.360. The van der Waals surface area contributed by atoms with Crippen LogP contribution in [-0.2, 0) is 4.79 Å². The van der Waals surface area contributed by atoms with Crippen molar-refractivity contribution in [1.29, 1.82) is 0 Å². The number of thioether (sulfide) groups is 1. The zero-order valence-corrected chi connectivity index (χ0v) is 20.3. The predicted molar refractivity (Wildman–Crippen MR) is 132 cm³/mol. The molecule has 1 aliphatic rings. The van der Waals surface area contributed by atoms with E-state index in [1.54, 1.807) is 9.58 Å². The summed E-state index contributed by atoms with van der Waals surface area (Å²) in [5.74, 6) is 0.150. The number of amides is 1. The molecular weight excluding hydrogens is 472 g/mol. The molecule has 0 saturated carbocycles. The minimum absolute atomic E-state index is 0.133. The Morgan fingerprint density at radius 3 is 2.59 bits per heavy atom. The molecule has 0 unspecified atom stereocenters. The monoisotopic (exact) mass is 492 g/mol. The Hall–Kier alpha value is -3.43. The van der Waals surface area contributed by atoms with Gasteiger partial charge in [0.1, 0.15) is 5.15 Å². The molecule has 2 aromatic carbocycles. The lowest BCUT2D eigenvalue weighted by Crippen LogP contribution is -2.37. The standard InChI is InChI=1S/C24H21ClN6O2S/c1-4-18(32)30-17-13-9-8-12-16(17)20-22(26-24(34-3)28-27-20)33-23(30)19-14(2)29-31(21(19)25)15-10-6-5-7-11-15/h5-13,23H,4H2,1-3H3/t23-/m0/s1. The summed E-state index contributed by atoms with van der Waals surface area (Å²) in [6.07, 6.45) is 1.23. The van der Waals surface area contributed by atoms with Crippen LogP contribution in [0.3, 0.4) is 0 Å². The normalized spacial score (nSPS) is 14.7. The number of anilines is 1. The van der Waals surface area contributed by atoms with Gasteiger partial charge in [-0.1, -0.05) is 66.7 Å². The van der Waals surface area contributed by atoms with Gasteiger partial charge < -0.3 is 4.74 Å². The highest BCUT2D eigenvalue weighted by atomic mass is 35.5. The Morgan fingerprint density at radius 1 is 1.12 bits per heavy atom. The van der Waals surface area contributed by atoms with Crippen molar-refractivity contribution >= 4 is 35.0 Å². The first-order chi connectivity index (χ1) is 16.5. The zero-order chi connectivity index (χ0) is 23.8. The molecule has 10 heteroatoms. The summed E-state index contributed by atoms with van der Waals surface area (Å²) < 4.78 is 8.10. The second-order valence-electron chi connectivity index (χ2n) is 7.59. The second kappa shape index (κ2) is 9.08. The van der Waals surface area contributed by atoms with Gasteiger partial charge in [0.15, 0.2) is 5.69 Å². The van der Waals surface area contributed by atoms with E-state index in [1.165, 1.54) is 11.8 Å². The number of ether oxygens (including phenoxy) is 1. The molecule has 0 fully saturated rings. The SMILES string of the molecule is CCC(=O)N1c2ccccc2-c2nnc(SC)nc2O[C@H]1c1c(C)nn(-c2ccccc2)c1Cl. The Balaban J connectivity index is 1.76. The van der Waals surface area contributed by atoms with E-state index in [0.29, 0.717) is 38.5 Å². The third-order valence-corrected chi connectivity index (χ3v) is 6.46. The first-order valence-electron chi connectivity index (χ1n) is 10.7. The third kappa shape index (κ3) is 3.70. The van der Waals surface area contributed by atoms with Gasteiger partial charge in [-0.2, -0.15) is 10.1 Å². The molecule has 172 valence electrons. The summed E-state index contributed by atoms with van der Waals surface area (Å²) in [5, 5.41) is 14.1.